The van der Waals surface area contributed by atoms with Crippen molar-refractivity contribution in [3.63, 3.8) is 0 Å². The highest BCUT2D eigenvalue weighted by atomic mass is 19.2. The standard InChI is InChI=1S/C24H29F2N5O3/c25-18-6-5-16(13-19(18)26)31-22(32)4-1-7-24(31)8-10-30(11-9-24)20-14-21(29-23(27)28-20)34-17-3-2-12-33-15-17/h5-6,13-14,17H,1-4,7-12,15H2,(H2,27,28,29)/t17-/m1/s1. The number of amides is 1. The predicted molar refractivity (Wildman–Crippen MR) is 123 cm³/mol. The van der Waals surface area contributed by atoms with E-state index in [9.17, 15) is 13.6 Å². The number of anilines is 3. The van der Waals surface area contributed by atoms with Crippen molar-refractivity contribution in [2.45, 2.75) is 56.6 Å². The van der Waals surface area contributed by atoms with E-state index in [-0.39, 0.29) is 18.0 Å². The number of carbonyl (C=O) groups excluding carboxylic acids is 1. The minimum Gasteiger partial charge on any atom is -0.472 e. The van der Waals surface area contributed by atoms with Crippen molar-refractivity contribution < 1.29 is 23.0 Å². The van der Waals surface area contributed by atoms with E-state index in [1.807, 2.05) is 0 Å². The first kappa shape index (κ1) is 22.8. The van der Waals surface area contributed by atoms with Crippen molar-refractivity contribution in [1.82, 2.24) is 9.97 Å². The number of ether oxygens (including phenoxy) is 2. The average molecular weight is 474 g/mol. The average Bonchev–Trinajstić information content (AvgIpc) is 2.82. The Morgan fingerprint density at radius 2 is 1.91 bits per heavy atom. The Kier molecular flexibility index (Phi) is 6.24. The summed E-state index contributed by atoms with van der Waals surface area (Å²) in [5, 5.41) is 0. The van der Waals surface area contributed by atoms with Crippen molar-refractivity contribution in [1.29, 1.82) is 0 Å². The molecule has 1 atom stereocenters. The predicted octanol–water partition coefficient (Wildman–Crippen LogP) is 3.45. The first-order valence-electron chi connectivity index (χ1n) is 11.9. The number of hydrogen-bond donors (Lipinski definition) is 1. The van der Waals surface area contributed by atoms with Gasteiger partial charge in [-0.05, 0) is 50.7 Å². The molecule has 8 nitrogen and oxygen atoms in total. The van der Waals surface area contributed by atoms with Crippen LogP contribution in [0.3, 0.4) is 0 Å². The molecule has 0 aliphatic carbocycles. The number of nitrogens with zero attached hydrogens (tertiary/aromatic N) is 4. The highest BCUT2D eigenvalue weighted by Gasteiger charge is 2.45. The van der Waals surface area contributed by atoms with Gasteiger partial charge >= 0.3 is 0 Å². The smallest absolute Gasteiger partial charge is 0.227 e. The van der Waals surface area contributed by atoms with E-state index in [4.69, 9.17) is 15.2 Å². The van der Waals surface area contributed by atoms with E-state index in [0.717, 1.165) is 44.4 Å². The van der Waals surface area contributed by atoms with Gasteiger partial charge in [0.25, 0.3) is 0 Å². The van der Waals surface area contributed by atoms with Crippen LogP contribution in [0.4, 0.5) is 26.2 Å². The van der Waals surface area contributed by atoms with Crippen LogP contribution in [0.5, 0.6) is 5.88 Å². The maximum atomic E-state index is 14.0. The third kappa shape index (κ3) is 4.51. The molecular weight excluding hydrogens is 444 g/mol. The van der Waals surface area contributed by atoms with Gasteiger partial charge < -0.3 is 25.0 Å². The second kappa shape index (κ2) is 9.32. The van der Waals surface area contributed by atoms with Crippen LogP contribution in [0.25, 0.3) is 0 Å². The van der Waals surface area contributed by atoms with E-state index >= 15 is 0 Å². The number of carbonyl (C=O) groups is 1. The molecule has 1 amide bonds. The topological polar surface area (TPSA) is 93.8 Å². The van der Waals surface area contributed by atoms with Crippen LogP contribution in [0.2, 0.25) is 0 Å². The molecule has 3 aliphatic heterocycles. The summed E-state index contributed by atoms with van der Waals surface area (Å²) in [7, 11) is 0. The molecule has 34 heavy (non-hydrogen) atoms. The van der Waals surface area contributed by atoms with Gasteiger partial charge in [0.2, 0.25) is 17.7 Å². The molecule has 3 aliphatic rings. The zero-order valence-electron chi connectivity index (χ0n) is 19.0. The number of aromatic nitrogens is 2. The summed E-state index contributed by atoms with van der Waals surface area (Å²) in [6, 6.07) is 5.48. The molecule has 3 saturated heterocycles. The van der Waals surface area contributed by atoms with Gasteiger partial charge in [0.05, 0.1) is 12.1 Å². The van der Waals surface area contributed by atoms with Gasteiger partial charge in [-0.2, -0.15) is 9.97 Å². The Bertz CT molecular complexity index is 1050. The fraction of sp³-hybridized carbons (Fsp3) is 0.542. The normalized spacial score (nSPS) is 22.8. The second-order valence-corrected chi connectivity index (χ2v) is 9.27. The molecule has 5 rings (SSSR count). The first-order chi connectivity index (χ1) is 16.4. The van der Waals surface area contributed by atoms with E-state index in [0.29, 0.717) is 56.3 Å². The van der Waals surface area contributed by atoms with Gasteiger partial charge in [-0.15, -0.1) is 0 Å². The van der Waals surface area contributed by atoms with Crippen LogP contribution in [0.1, 0.15) is 44.9 Å². The summed E-state index contributed by atoms with van der Waals surface area (Å²) in [6.45, 7) is 2.54. The summed E-state index contributed by atoms with van der Waals surface area (Å²) < 4.78 is 39.0. The summed E-state index contributed by atoms with van der Waals surface area (Å²) >= 11 is 0. The second-order valence-electron chi connectivity index (χ2n) is 9.27. The summed E-state index contributed by atoms with van der Waals surface area (Å²) in [6.07, 6.45) is 5.13. The summed E-state index contributed by atoms with van der Waals surface area (Å²) in [5.41, 5.74) is 5.94. The fourth-order valence-corrected chi connectivity index (χ4v) is 5.35. The van der Waals surface area contributed by atoms with Gasteiger partial charge in [-0.25, -0.2) is 8.78 Å². The number of hydrogen-bond acceptors (Lipinski definition) is 7. The quantitative estimate of drug-likeness (QED) is 0.727. The van der Waals surface area contributed by atoms with Crippen LogP contribution >= 0.6 is 0 Å². The van der Waals surface area contributed by atoms with Gasteiger partial charge in [0.1, 0.15) is 11.9 Å². The van der Waals surface area contributed by atoms with Crippen molar-refractivity contribution in [2.24, 2.45) is 0 Å². The molecule has 0 unspecified atom stereocenters. The van der Waals surface area contributed by atoms with Crippen molar-refractivity contribution in [2.75, 3.05) is 41.8 Å². The highest BCUT2D eigenvalue weighted by Crippen LogP contribution is 2.42. The molecule has 10 heteroatoms. The first-order valence-corrected chi connectivity index (χ1v) is 11.9. The van der Waals surface area contributed by atoms with Crippen molar-refractivity contribution >= 4 is 23.4 Å². The number of halogens is 2. The number of benzene rings is 1. The minimum atomic E-state index is -0.948. The Morgan fingerprint density at radius 3 is 2.65 bits per heavy atom. The Hall–Kier alpha value is -3.01. The fourth-order valence-electron chi connectivity index (χ4n) is 5.35. The van der Waals surface area contributed by atoms with Gasteiger partial charge in [-0.1, -0.05) is 0 Å². The van der Waals surface area contributed by atoms with Crippen molar-refractivity contribution in [3.05, 3.63) is 35.9 Å². The van der Waals surface area contributed by atoms with Crippen LogP contribution < -0.4 is 20.3 Å². The van der Waals surface area contributed by atoms with Crippen LogP contribution in [-0.4, -0.2) is 53.8 Å². The molecular formula is C24H29F2N5O3. The molecule has 1 aromatic heterocycles. The van der Waals surface area contributed by atoms with Crippen molar-refractivity contribution in [3.8, 4) is 5.88 Å². The lowest BCUT2D eigenvalue weighted by atomic mass is 9.78. The lowest BCUT2D eigenvalue weighted by molar-refractivity contribution is -0.121. The third-order valence-corrected chi connectivity index (χ3v) is 7.05. The van der Waals surface area contributed by atoms with Gasteiger partial charge in [0.15, 0.2) is 11.6 Å². The number of piperidine rings is 2. The summed E-state index contributed by atoms with van der Waals surface area (Å²) in [4.78, 5) is 25.4. The molecule has 1 spiro atoms. The maximum Gasteiger partial charge on any atom is 0.227 e. The molecule has 0 bridgehead atoms. The molecule has 0 radical (unpaired) electrons. The van der Waals surface area contributed by atoms with Crippen LogP contribution in [0, 0.1) is 11.6 Å². The molecule has 1 aromatic carbocycles. The lowest BCUT2D eigenvalue weighted by Crippen LogP contribution is -2.60. The zero-order chi connectivity index (χ0) is 23.7. The zero-order valence-corrected chi connectivity index (χ0v) is 19.0. The monoisotopic (exact) mass is 473 g/mol. The molecule has 0 saturated carbocycles. The number of rotatable bonds is 4. The molecule has 2 N–H and O–H groups in total. The molecule has 3 fully saturated rings. The lowest BCUT2D eigenvalue weighted by Gasteiger charge is -2.51. The molecule has 182 valence electrons. The van der Waals surface area contributed by atoms with E-state index in [2.05, 4.69) is 14.9 Å². The number of nitrogen functional groups attached to an aromatic ring is 1. The maximum absolute atomic E-state index is 14.0. The Morgan fingerprint density at radius 1 is 1.09 bits per heavy atom. The largest absolute Gasteiger partial charge is 0.472 e. The Balaban J connectivity index is 1.33. The highest BCUT2D eigenvalue weighted by molar-refractivity contribution is 5.95. The molecule has 2 aromatic rings. The molecule has 4 heterocycles. The third-order valence-electron chi connectivity index (χ3n) is 7.05. The minimum absolute atomic E-state index is 0.0534. The summed E-state index contributed by atoms with van der Waals surface area (Å²) in [5.74, 6) is -0.680. The Labute approximate surface area is 197 Å². The van der Waals surface area contributed by atoms with Gasteiger partial charge in [0, 0.05) is 43.9 Å². The van der Waals surface area contributed by atoms with Gasteiger partial charge in [-0.3, -0.25) is 4.79 Å². The van der Waals surface area contributed by atoms with E-state index < -0.39 is 17.2 Å². The van der Waals surface area contributed by atoms with E-state index in [1.165, 1.54) is 6.07 Å². The van der Waals surface area contributed by atoms with Crippen LogP contribution in [0.15, 0.2) is 24.3 Å². The SMILES string of the molecule is Nc1nc(O[C@@H]2CCCOC2)cc(N2CCC3(CCCC(=O)N3c3ccc(F)c(F)c3)CC2)n1. The van der Waals surface area contributed by atoms with E-state index in [1.54, 1.807) is 11.0 Å². The number of nitrogens with two attached hydrogens (primary N) is 1. The van der Waals surface area contributed by atoms with Crippen LogP contribution in [-0.2, 0) is 9.53 Å².